The molecule has 9 nitrogen and oxygen atoms in total. The van der Waals surface area contributed by atoms with Crippen LogP contribution in [-0.2, 0) is 25.7 Å². The van der Waals surface area contributed by atoms with E-state index >= 15 is 0 Å². The molecule has 4 rings (SSSR count). The molecule has 0 bridgehead atoms. The summed E-state index contributed by atoms with van der Waals surface area (Å²) in [5.41, 5.74) is 2.88. The van der Waals surface area contributed by atoms with Crippen LogP contribution in [0.3, 0.4) is 0 Å². The molecule has 0 spiro atoms. The summed E-state index contributed by atoms with van der Waals surface area (Å²) in [6.07, 6.45) is 5.35. The third-order valence-electron chi connectivity index (χ3n) is 7.59. The molecule has 0 saturated carbocycles. The highest BCUT2D eigenvalue weighted by Gasteiger charge is 2.56. The average molecular weight is 502 g/mol. The number of hydrogen-bond donors (Lipinski definition) is 3. The number of aliphatic hydroxyl groups is 2. The van der Waals surface area contributed by atoms with E-state index in [-0.39, 0.29) is 43.5 Å². The van der Waals surface area contributed by atoms with Crippen molar-refractivity contribution in [1.82, 2.24) is 4.90 Å². The van der Waals surface area contributed by atoms with Gasteiger partial charge in [0, 0.05) is 18.9 Å². The van der Waals surface area contributed by atoms with Gasteiger partial charge in [0.15, 0.2) is 0 Å². The van der Waals surface area contributed by atoms with Crippen molar-refractivity contribution in [3.8, 4) is 0 Å². The second kappa shape index (κ2) is 11.5. The van der Waals surface area contributed by atoms with Gasteiger partial charge in [-0.25, -0.2) is 0 Å². The first-order valence-electron chi connectivity index (χ1n) is 12.7. The van der Waals surface area contributed by atoms with Crippen LogP contribution in [0.2, 0.25) is 0 Å². The van der Waals surface area contributed by atoms with Crippen LogP contribution in [0.25, 0.3) is 6.08 Å². The molecule has 0 unspecified atom stereocenters. The van der Waals surface area contributed by atoms with E-state index in [2.05, 4.69) is 0 Å². The fraction of sp³-hybridized carbons (Fsp3) is 0.593. The van der Waals surface area contributed by atoms with Crippen molar-refractivity contribution in [1.29, 1.82) is 0 Å². The van der Waals surface area contributed by atoms with Gasteiger partial charge in [-0.2, -0.15) is 0 Å². The van der Waals surface area contributed by atoms with Crippen molar-refractivity contribution < 1.29 is 38.9 Å². The van der Waals surface area contributed by atoms with Gasteiger partial charge in [-0.3, -0.25) is 19.3 Å². The Morgan fingerprint density at radius 2 is 1.89 bits per heavy atom. The predicted molar refractivity (Wildman–Crippen MR) is 129 cm³/mol. The number of carbonyl (C=O) groups is 3. The monoisotopic (exact) mass is 501 g/mol. The van der Waals surface area contributed by atoms with Gasteiger partial charge < -0.3 is 24.5 Å². The first-order chi connectivity index (χ1) is 17.3. The summed E-state index contributed by atoms with van der Waals surface area (Å²) in [6, 6.07) is 3.55. The van der Waals surface area contributed by atoms with Crippen molar-refractivity contribution in [3.63, 3.8) is 0 Å². The van der Waals surface area contributed by atoms with Crippen LogP contribution in [0.4, 0.5) is 0 Å². The van der Waals surface area contributed by atoms with Crippen molar-refractivity contribution in [2.45, 2.75) is 64.6 Å². The van der Waals surface area contributed by atoms with E-state index in [1.807, 2.05) is 19.1 Å². The molecule has 1 aromatic rings. The third kappa shape index (κ3) is 5.48. The molecule has 3 heterocycles. The summed E-state index contributed by atoms with van der Waals surface area (Å²) in [6.45, 7) is 2.36. The highest BCUT2D eigenvalue weighted by atomic mass is 16.5. The molecule has 36 heavy (non-hydrogen) atoms. The standard InChI is InChI=1S/C27H35NO8/c1-16(11-18-7-8-19(14-30)36-18)6-9-22-24-17(13-29)12-20-25(21(24)15-35-22)27(34)28(26(20)33)10-4-2-3-5-23(31)32/h7-8,11,20-22,25,29-30H,2-6,9-10,12-15H2,1H3,(H,31,32)/b16-11+/t20-,21+,22-,25-/m1/s1. The minimum Gasteiger partial charge on any atom is -0.481 e. The van der Waals surface area contributed by atoms with E-state index in [0.717, 1.165) is 23.1 Å². The number of fused-ring (bicyclic) bond motifs is 3. The minimum atomic E-state index is -0.845. The number of carbonyl (C=O) groups excluding carboxylic acids is 2. The number of aliphatic carboxylic acids is 1. The molecule has 3 aliphatic rings. The van der Waals surface area contributed by atoms with E-state index in [4.69, 9.17) is 19.4 Å². The Kier molecular flexibility index (Phi) is 8.43. The molecule has 1 aliphatic carbocycles. The normalized spacial score (nSPS) is 26.1. The Morgan fingerprint density at radius 1 is 1.08 bits per heavy atom. The molecule has 196 valence electrons. The molecule has 4 atom stereocenters. The van der Waals surface area contributed by atoms with Crippen LogP contribution in [0, 0.1) is 17.8 Å². The van der Waals surface area contributed by atoms with Gasteiger partial charge in [0.25, 0.3) is 0 Å². The maximum absolute atomic E-state index is 13.3. The molecular formula is C27H35NO8. The van der Waals surface area contributed by atoms with Crippen molar-refractivity contribution in [3.05, 3.63) is 40.4 Å². The number of likely N-dealkylation sites (tertiary alicyclic amines) is 1. The number of unbranched alkanes of at least 4 members (excludes halogenated alkanes) is 2. The predicted octanol–water partition coefficient (Wildman–Crippen LogP) is 2.91. The number of amides is 2. The molecule has 2 fully saturated rings. The first kappa shape index (κ1) is 26.3. The quantitative estimate of drug-likeness (QED) is 0.226. The summed E-state index contributed by atoms with van der Waals surface area (Å²) >= 11 is 0. The lowest BCUT2D eigenvalue weighted by molar-refractivity contribution is -0.141. The van der Waals surface area contributed by atoms with Crippen LogP contribution < -0.4 is 0 Å². The maximum atomic E-state index is 13.3. The van der Waals surface area contributed by atoms with Crippen LogP contribution in [0.5, 0.6) is 0 Å². The molecule has 0 aromatic carbocycles. The second-order valence-electron chi connectivity index (χ2n) is 10.0. The average Bonchev–Trinajstić information content (AvgIpc) is 3.55. The lowest BCUT2D eigenvalue weighted by atomic mass is 9.69. The number of hydrogen-bond acceptors (Lipinski definition) is 7. The zero-order chi connectivity index (χ0) is 25.8. The van der Waals surface area contributed by atoms with Crippen molar-refractivity contribution in [2.75, 3.05) is 19.8 Å². The zero-order valence-corrected chi connectivity index (χ0v) is 20.6. The molecule has 2 aliphatic heterocycles. The number of ether oxygens (including phenoxy) is 1. The molecule has 3 N–H and O–H groups in total. The molecule has 0 radical (unpaired) electrons. The Morgan fingerprint density at radius 3 is 2.58 bits per heavy atom. The number of aliphatic hydroxyl groups excluding tert-OH is 2. The van der Waals surface area contributed by atoms with Gasteiger partial charge in [0.1, 0.15) is 18.1 Å². The highest BCUT2D eigenvalue weighted by molar-refractivity contribution is 6.05. The number of carboxylic acid groups (broad SMARTS) is 1. The minimum absolute atomic E-state index is 0.0843. The van der Waals surface area contributed by atoms with E-state index in [0.29, 0.717) is 56.8 Å². The Labute approximate surface area is 210 Å². The Balaban J connectivity index is 1.40. The van der Waals surface area contributed by atoms with E-state index in [9.17, 15) is 19.5 Å². The maximum Gasteiger partial charge on any atom is 0.303 e. The van der Waals surface area contributed by atoms with Crippen LogP contribution in [0.1, 0.15) is 63.4 Å². The van der Waals surface area contributed by atoms with Crippen LogP contribution >= 0.6 is 0 Å². The third-order valence-corrected chi connectivity index (χ3v) is 7.59. The second-order valence-corrected chi connectivity index (χ2v) is 10.0. The van der Waals surface area contributed by atoms with E-state index in [1.165, 1.54) is 4.90 Å². The van der Waals surface area contributed by atoms with Gasteiger partial charge in [0.05, 0.1) is 31.2 Å². The number of rotatable bonds is 12. The summed E-state index contributed by atoms with van der Waals surface area (Å²) < 4.78 is 11.7. The van der Waals surface area contributed by atoms with Gasteiger partial charge in [0.2, 0.25) is 11.8 Å². The largest absolute Gasteiger partial charge is 0.481 e. The number of allylic oxidation sites excluding steroid dienone is 1. The molecular weight excluding hydrogens is 466 g/mol. The fourth-order valence-corrected chi connectivity index (χ4v) is 5.86. The Bertz CT molecular complexity index is 1050. The van der Waals surface area contributed by atoms with Gasteiger partial charge in [-0.15, -0.1) is 0 Å². The van der Waals surface area contributed by atoms with Gasteiger partial charge in [-0.05, 0) is 68.4 Å². The van der Waals surface area contributed by atoms with E-state index < -0.39 is 17.8 Å². The number of nitrogens with zero attached hydrogens (tertiary/aromatic N) is 1. The van der Waals surface area contributed by atoms with Crippen molar-refractivity contribution >= 4 is 23.9 Å². The van der Waals surface area contributed by atoms with Crippen molar-refractivity contribution in [2.24, 2.45) is 17.8 Å². The zero-order valence-electron chi connectivity index (χ0n) is 20.6. The fourth-order valence-electron chi connectivity index (χ4n) is 5.86. The molecule has 2 amide bonds. The number of imide groups is 1. The lowest BCUT2D eigenvalue weighted by Crippen LogP contribution is -2.35. The Hall–Kier alpha value is -2.75. The SMILES string of the molecule is C/C(=C\c1ccc(CO)o1)CC[C@H]1OC[C@H]2C1=C(CO)C[C@H]1C(=O)N(CCCCCC(=O)O)C(=O)[C@H]12. The summed E-state index contributed by atoms with van der Waals surface area (Å²) in [4.78, 5) is 38.4. The van der Waals surface area contributed by atoms with Crippen LogP contribution in [-0.4, -0.2) is 63.9 Å². The smallest absolute Gasteiger partial charge is 0.303 e. The lowest BCUT2D eigenvalue weighted by Gasteiger charge is -2.31. The summed E-state index contributed by atoms with van der Waals surface area (Å²) in [5, 5.41) is 28.1. The molecule has 2 saturated heterocycles. The highest BCUT2D eigenvalue weighted by Crippen LogP contribution is 2.49. The number of carboxylic acids is 1. The molecule has 9 heteroatoms. The van der Waals surface area contributed by atoms with Crippen LogP contribution in [0.15, 0.2) is 33.3 Å². The molecule has 1 aromatic heterocycles. The van der Waals surface area contributed by atoms with E-state index in [1.54, 1.807) is 6.07 Å². The van der Waals surface area contributed by atoms with Gasteiger partial charge in [-0.1, -0.05) is 12.0 Å². The summed E-state index contributed by atoms with van der Waals surface area (Å²) in [5.74, 6) is -1.13. The summed E-state index contributed by atoms with van der Waals surface area (Å²) in [7, 11) is 0. The topological polar surface area (TPSA) is 138 Å². The first-order valence-corrected chi connectivity index (χ1v) is 12.7. The van der Waals surface area contributed by atoms with Gasteiger partial charge >= 0.3 is 5.97 Å². The number of furan rings is 1.